The molecule has 0 atom stereocenters. The molecule has 0 spiro atoms. The lowest BCUT2D eigenvalue weighted by Gasteiger charge is -2.02. The van der Waals surface area contributed by atoms with Crippen LogP contribution >= 0.6 is 22.6 Å². The highest BCUT2D eigenvalue weighted by molar-refractivity contribution is 14.1. The van der Waals surface area contributed by atoms with Gasteiger partial charge in [-0.05, 0) is 40.3 Å². The van der Waals surface area contributed by atoms with Gasteiger partial charge in [0.15, 0.2) is 0 Å². The highest BCUT2D eigenvalue weighted by atomic mass is 127. The third kappa shape index (κ3) is 4.30. The summed E-state index contributed by atoms with van der Waals surface area (Å²) in [4.78, 5) is 0. The minimum atomic E-state index is 0.796. The molecule has 1 aromatic carbocycles. The van der Waals surface area contributed by atoms with Crippen molar-refractivity contribution in [3.63, 3.8) is 0 Å². The molecule has 0 aliphatic carbocycles. The van der Waals surface area contributed by atoms with E-state index in [1.54, 1.807) is 0 Å². The van der Waals surface area contributed by atoms with E-state index in [2.05, 4.69) is 58.1 Å². The van der Waals surface area contributed by atoms with Crippen molar-refractivity contribution in [3.05, 3.63) is 33.4 Å². The Bertz CT molecular complexity index is 284. The summed E-state index contributed by atoms with van der Waals surface area (Å²) in [7, 11) is 0. The molecule has 0 bridgehead atoms. The van der Waals surface area contributed by atoms with Crippen LogP contribution in [0.5, 0.6) is 0 Å². The summed E-state index contributed by atoms with van der Waals surface area (Å²) in [6.07, 6.45) is 5.93. The number of hydrogen-bond acceptors (Lipinski definition) is 1. The first-order chi connectivity index (χ1) is 6.33. The number of benzene rings is 1. The summed E-state index contributed by atoms with van der Waals surface area (Å²) in [5.74, 6) is 2.60. The summed E-state index contributed by atoms with van der Waals surface area (Å²) in [6, 6.07) is 8.48. The smallest absolute Gasteiger partial charge is 0.0212 e. The topological polar surface area (TPSA) is 12.0 Å². The molecule has 1 N–H and O–H groups in total. The predicted octanol–water partition coefficient (Wildman–Crippen LogP) is 2.40. The number of terminal acetylenes is 1. The number of halogens is 1. The molecule has 2 heteroatoms. The second-order valence-corrected chi connectivity index (χ2v) is 4.00. The van der Waals surface area contributed by atoms with Gasteiger partial charge in [-0.15, -0.1) is 12.3 Å². The first-order valence-corrected chi connectivity index (χ1v) is 5.29. The zero-order valence-corrected chi connectivity index (χ0v) is 9.54. The van der Waals surface area contributed by atoms with Crippen molar-refractivity contribution >= 4 is 22.6 Å². The van der Waals surface area contributed by atoms with Crippen LogP contribution in [-0.2, 0) is 6.54 Å². The molecule has 0 saturated heterocycles. The molecule has 68 valence electrons. The molecule has 0 saturated carbocycles. The van der Waals surface area contributed by atoms with Gasteiger partial charge < -0.3 is 5.32 Å². The average Bonchev–Trinajstić information content (AvgIpc) is 2.15. The van der Waals surface area contributed by atoms with Gasteiger partial charge in [-0.3, -0.25) is 0 Å². The fraction of sp³-hybridized carbons (Fsp3) is 0.273. The molecule has 1 aromatic rings. The fourth-order valence-electron chi connectivity index (χ4n) is 0.996. The molecule has 0 heterocycles. The summed E-state index contributed by atoms with van der Waals surface area (Å²) in [6.45, 7) is 1.79. The molecule has 0 fully saturated rings. The van der Waals surface area contributed by atoms with E-state index in [9.17, 15) is 0 Å². The molecule has 0 aromatic heterocycles. The van der Waals surface area contributed by atoms with E-state index >= 15 is 0 Å². The lowest BCUT2D eigenvalue weighted by molar-refractivity contribution is 0.701. The van der Waals surface area contributed by atoms with Gasteiger partial charge in [0.2, 0.25) is 0 Å². The van der Waals surface area contributed by atoms with E-state index < -0.39 is 0 Å². The highest BCUT2D eigenvalue weighted by Crippen LogP contribution is 2.06. The maximum atomic E-state index is 5.14. The second-order valence-electron chi connectivity index (χ2n) is 2.76. The molecular weight excluding hydrogens is 273 g/mol. The third-order valence-electron chi connectivity index (χ3n) is 1.69. The van der Waals surface area contributed by atoms with Crippen molar-refractivity contribution in [1.29, 1.82) is 0 Å². The lowest BCUT2D eigenvalue weighted by atomic mass is 10.2. The fourth-order valence-corrected chi connectivity index (χ4v) is 1.36. The predicted molar refractivity (Wildman–Crippen MR) is 64.3 cm³/mol. The Morgan fingerprint density at radius 3 is 2.62 bits per heavy atom. The molecule has 0 aliphatic heterocycles. The van der Waals surface area contributed by atoms with Crippen LogP contribution in [0.3, 0.4) is 0 Å². The summed E-state index contributed by atoms with van der Waals surface area (Å²) in [5.41, 5.74) is 1.30. The van der Waals surface area contributed by atoms with Gasteiger partial charge in [0.25, 0.3) is 0 Å². The molecule has 13 heavy (non-hydrogen) atoms. The van der Waals surface area contributed by atoms with Gasteiger partial charge in [0, 0.05) is 23.1 Å². The van der Waals surface area contributed by atoms with Gasteiger partial charge >= 0.3 is 0 Å². The highest BCUT2D eigenvalue weighted by Gasteiger charge is 1.91. The SMILES string of the molecule is C#CCCNCc1ccc(I)cc1. The Balaban J connectivity index is 2.30. The van der Waals surface area contributed by atoms with E-state index in [0.29, 0.717) is 0 Å². The van der Waals surface area contributed by atoms with Crippen LogP contribution in [0.2, 0.25) is 0 Å². The third-order valence-corrected chi connectivity index (χ3v) is 2.41. The van der Waals surface area contributed by atoms with E-state index in [0.717, 1.165) is 19.5 Å². The zero-order chi connectivity index (χ0) is 9.52. The number of hydrogen-bond donors (Lipinski definition) is 1. The molecule has 0 unspecified atom stereocenters. The Morgan fingerprint density at radius 2 is 2.00 bits per heavy atom. The summed E-state index contributed by atoms with van der Waals surface area (Å²) < 4.78 is 1.27. The Morgan fingerprint density at radius 1 is 1.31 bits per heavy atom. The van der Waals surface area contributed by atoms with Crippen molar-refractivity contribution in [3.8, 4) is 12.3 Å². The van der Waals surface area contributed by atoms with Crippen LogP contribution in [0.4, 0.5) is 0 Å². The normalized spacial score (nSPS) is 9.54. The quantitative estimate of drug-likeness (QED) is 0.509. The van der Waals surface area contributed by atoms with Crippen LogP contribution in [0, 0.1) is 15.9 Å². The Kier molecular flexibility index (Phi) is 4.87. The van der Waals surface area contributed by atoms with Crippen molar-refractivity contribution < 1.29 is 0 Å². The molecule has 0 amide bonds. The number of rotatable bonds is 4. The van der Waals surface area contributed by atoms with Crippen LogP contribution in [0.25, 0.3) is 0 Å². The summed E-state index contributed by atoms with van der Waals surface area (Å²) in [5, 5.41) is 3.28. The van der Waals surface area contributed by atoms with Crippen molar-refractivity contribution in [1.82, 2.24) is 5.32 Å². The van der Waals surface area contributed by atoms with Crippen LogP contribution in [0.15, 0.2) is 24.3 Å². The number of nitrogens with one attached hydrogen (secondary N) is 1. The van der Waals surface area contributed by atoms with E-state index in [-0.39, 0.29) is 0 Å². The molecule has 0 radical (unpaired) electrons. The van der Waals surface area contributed by atoms with Gasteiger partial charge in [0.1, 0.15) is 0 Å². The van der Waals surface area contributed by atoms with Crippen LogP contribution in [0.1, 0.15) is 12.0 Å². The summed E-state index contributed by atoms with van der Waals surface area (Å²) >= 11 is 2.30. The first kappa shape index (κ1) is 10.6. The van der Waals surface area contributed by atoms with Gasteiger partial charge in [-0.1, -0.05) is 12.1 Å². The molecular formula is C11H12IN. The molecule has 0 aliphatic rings. The van der Waals surface area contributed by atoms with Gasteiger partial charge in [0.05, 0.1) is 0 Å². The van der Waals surface area contributed by atoms with Crippen molar-refractivity contribution in [2.75, 3.05) is 6.54 Å². The first-order valence-electron chi connectivity index (χ1n) is 4.21. The maximum Gasteiger partial charge on any atom is 0.0212 e. The average molecular weight is 285 g/mol. The minimum Gasteiger partial charge on any atom is -0.312 e. The Hall–Kier alpha value is -0.530. The molecule has 1 rings (SSSR count). The van der Waals surface area contributed by atoms with Crippen molar-refractivity contribution in [2.45, 2.75) is 13.0 Å². The lowest BCUT2D eigenvalue weighted by Crippen LogP contribution is -2.13. The molecule has 1 nitrogen and oxygen atoms in total. The van der Waals surface area contributed by atoms with Crippen molar-refractivity contribution in [2.24, 2.45) is 0 Å². The van der Waals surface area contributed by atoms with Gasteiger partial charge in [-0.25, -0.2) is 0 Å². The van der Waals surface area contributed by atoms with E-state index in [4.69, 9.17) is 6.42 Å². The zero-order valence-electron chi connectivity index (χ0n) is 7.39. The monoisotopic (exact) mass is 285 g/mol. The van der Waals surface area contributed by atoms with Gasteiger partial charge in [-0.2, -0.15) is 0 Å². The second kappa shape index (κ2) is 6.01. The van der Waals surface area contributed by atoms with E-state index in [1.165, 1.54) is 9.13 Å². The van der Waals surface area contributed by atoms with Crippen LogP contribution in [-0.4, -0.2) is 6.54 Å². The minimum absolute atomic E-state index is 0.796. The maximum absolute atomic E-state index is 5.14. The van der Waals surface area contributed by atoms with Crippen LogP contribution < -0.4 is 5.32 Å². The van der Waals surface area contributed by atoms with E-state index in [1.807, 2.05) is 0 Å². The standard InChI is InChI=1S/C11H12IN/c1-2-3-8-13-9-10-4-6-11(12)7-5-10/h1,4-7,13H,3,8-9H2. The largest absolute Gasteiger partial charge is 0.312 e. The Labute approximate surface area is 93.1 Å².